The zero-order valence-corrected chi connectivity index (χ0v) is 20.8. The van der Waals surface area contributed by atoms with Gasteiger partial charge in [-0.1, -0.05) is 23.2 Å². The van der Waals surface area contributed by atoms with Gasteiger partial charge in [0.25, 0.3) is 5.69 Å². The van der Waals surface area contributed by atoms with Gasteiger partial charge in [0.2, 0.25) is 5.13 Å². The molecular weight excluding hydrogens is 527 g/mol. The smallest absolute Gasteiger partial charge is 0.343 e. The van der Waals surface area contributed by atoms with Gasteiger partial charge in [0.05, 0.1) is 34.5 Å². The summed E-state index contributed by atoms with van der Waals surface area (Å²) in [7, 11) is 1.44. The average molecular weight is 543 g/mol. The number of nitrogens with zero attached hydrogens (tertiary/aromatic N) is 3. The molecule has 0 radical (unpaired) electrons. The van der Waals surface area contributed by atoms with Crippen LogP contribution in [0.2, 0.25) is 10.0 Å². The first-order valence-corrected chi connectivity index (χ1v) is 11.8. The Morgan fingerprint density at radius 2 is 1.89 bits per heavy atom. The third-order valence-electron chi connectivity index (χ3n) is 4.79. The molecule has 0 atom stereocenters. The second-order valence-corrected chi connectivity index (χ2v) is 8.84. The van der Waals surface area contributed by atoms with Crippen LogP contribution in [0.3, 0.4) is 0 Å². The molecule has 4 aromatic rings. The molecule has 3 aromatic carbocycles. The first kappa shape index (κ1) is 25.1. The number of aromatic nitrogens is 1. The monoisotopic (exact) mass is 542 g/mol. The number of hydrazone groups is 1. The van der Waals surface area contributed by atoms with Gasteiger partial charge in [-0.05, 0) is 54.1 Å². The number of esters is 1. The molecule has 9 nitrogen and oxygen atoms in total. The highest BCUT2D eigenvalue weighted by molar-refractivity contribution is 7.14. The Morgan fingerprint density at radius 1 is 1.11 bits per heavy atom. The lowest BCUT2D eigenvalue weighted by molar-refractivity contribution is -0.384. The van der Waals surface area contributed by atoms with E-state index in [4.69, 9.17) is 32.7 Å². The molecule has 4 rings (SSSR count). The summed E-state index contributed by atoms with van der Waals surface area (Å²) < 4.78 is 10.7. The standard InChI is InChI=1S/C24H16Cl2N4O5S/c1-34-22-10-14(2-9-21(22)35-23(31)15-3-6-17(7-4-15)30(32)33)12-27-29-24-28-20(13-36-24)18-8-5-16(25)11-19(18)26/h2-13H,1H3,(H,28,29)/b27-12-. The topological polar surface area (TPSA) is 116 Å². The second kappa shape index (κ2) is 11.2. The number of methoxy groups -OCH3 is 1. The van der Waals surface area contributed by atoms with E-state index in [0.717, 1.165) is 5.56 Å². The summed E-state index contributed by atoms with van der Waals surface area (Å²) in [6.07, 6.45) is 1.56. The molecule has 12 heteroatoms. The number of halogens is 2. The van der Waals surface area contributed by atoms with Crippen molar-refractivity contribution in [3.05, 3.63) is 97.3 Å². The summed E-state index contributed by atoms with van der Waals surface area (Å²) in [5.74, 6) is -0.176. The van der Waals surface area contributed by atoms with Crippen molar-refractivity contribution in [2.45, 2.75) is 0 Å². The molecule has 0 fully saturated rings. The zero-order valence-electron chi connectivity index (χ0n) is 18.5. The number of hydrogen-bond acceptors (Lipinski definition) is 9. The van der Waals surface area contributed by atoms with Gasteiger partial charge < -0.3 is 9.47 Å². The molecule has 0 aliphatic rings. The Balaban J connectivity index is 1.41. The van der Waals surface area contributed by atoms with Crippen LogP contribution in [0.4, 0.5) is 10.8 Å². The number of ether oxygens (including phenoxy) is 2. The fraction of sp³-hybridized carbons (Fsp3) is 0.0417. The summed E-state index contributed by atoms with van der Waals surface area (Å²) >= 11 is 13.6. The van der Waals surface area contributed by atoms with E-state index >= 15 is 0 Å². The van der Waals surface area contributed by atoms with Crippen molar-refractivity contribution in [2.75, 3.05) is 12.5 Å². The van der Waals surface area contributed by atoms with Gasteiger partial charge in [-0.15, -0.1) is 11.3 Å². The first-order chi connectivity index (χ1) is 17.3. The molecule has 0 unspecified atom stereocenters. The molecule has 0 aliphatic heterocycles. The molecule has 182 valence electrons. The maximum absolute atomic E-state index is 12.4. The molecule has 0 spiro atoms. The first-order valence-electron chi connectivity index (χ1n) is 10.2. The van der Waals surface area contributed by atoms with Crippen LogP contribution in [0.1, 0.15) is 15.9 Å². The van der Waals surface area contributed by atoms with Crippen molar-refractivity contribution >= 4 is 57.5 Å². The second-order valence-electron chi connectivity index (χ2n) is 7.14. The van der Waals surface area contributed by atoms with Crippen LogP contribution in [-0.2, 0) is 0 Å². The Morgan fingerprint density at radius 3 is 2.58 bits per heavy atom. The Hall–Kier alpha value is -3.99. The van der Waals surface area contributed by atoms with E-state index in [2.05, 4.69) is 15.5 Å². The van der Waals surface area contributed by atoms with Crippen LogP contribution >= 0.6 is 34.5 Å². The van der Waals surface area contributed by atoms with Gasteiger partial charge in [0, 0.05) is 28.1 Å². The lowest BCUT2D eigenvalue weighted by Gasteiger charge is -2.10. The maximum atomic E-state index is 12.4. The normalized spacial score (nSPS) is 10.9. The minimum atomic E-state index is -0.674. The highest BCUT2D eigenvalue weighted by Crippen LogP contribution is 2.32. The number of carbonyl (C=O) groups excluding carboxylic acids is 1. The fourth-order valence-electron chi connectivity index (χ4n) is 3.03. The number of nitro groups is 1. The van der Waals surface area contributed by atoms with Crippen molar-refractivity contribution in [2.24, 2.45) is 5.10 Å². The third-order valence-corrected chi connectivity index (χ3v) is 6.08. The van der Waals surface area contributed by atoms with E-state index in [1.165, 1.54) is 42.7 Å². The molecule has 0 saturated carbocycles. The van der Waals surface area contributed by atoms with Crippen LogP contribution in [0.25, 0.3) is 11.3 Å². The van der Waals surface area contributed by atoms with Crippen LogP contribution < -0.4 is 14.9 Å². The quantitative estimate of drug-likeness (QED) is 0.0865. The fourth-order valence-corrected chi connectivity index (χ4v) is 4.20. The predicted molar refractivity (Wildman–Crippen MR) is 140 cm³/mol. The highest BCUT2D eigenvalue weighted by Gasteiger charge is 2.15. The van der Waals surface area contributed by atoms with Crippen molar-refractivity contribution in [1.29, 1.82) is 0 Å². The number of non-ortho nitro benzene ring substituents is 1. The molecular formula is C24H16Cl2N4O5S. The highest BCUT2D eigenvalue weighted by atomic mass is 35.5. The van der Waals surface area contributed by atoms with E-state index in [1.807, 2.05) is 5.38 Å². The minimum Gasteiger partial charge on any atom is -0.493 e. The van der Waals surface area contributed by atoms with Crippen molar-refractivity contribution in [3.8, 4) is 22.8 Å². The maximum Gasteiger partial charge on any atom is 0.343 e. The van der Waals surface area contributed by atoms with E-state index in [-0.39, 0.29) is 17.0 Å². The Bertz CT molecular complexity index is 1460. The SMILES string of the molecule is COc1cc(/C=N\Nc2nc(-c3ccc(Cl)cc3Cl)cs2)ccc1OC(=O)c1ccc([N+](=O)[O-])cc1. The summed E-state index contributed by atoms with van der Waals surface area (Å²) in [4.78, 5) is 27.1. The van der Waals surface area contributed by atoms with Gasteiger partial charge in [-0.25, -0.2) is 9.78 Å². The van der Waals surface area contributed by atoms with E-state index in [1.54, 1.807) is 42.6 Å². The van der Waals surface area contributed by atoms with Crippen molar-refractivity contribution in [1.82, 2.24) is 4.98 Å². The van der Waals surface area contributed by atoms with Crippen molar-refractivity contribution < 1.29 is 19.2 Å². The van der Waals surface area contributed by atoms with Gasteiger partial charge in [-0.3, -0.25) is 15.5 Å². The van der Waals surface area contributed by atoms with E-state index < -0.39 is 10.9 Å². The molecule has 0 bridgehead atoms. The lowest BCUT2D eigenvalue weighted by atomic mass is 10.2. The predicted octanol–water partition coefficient (Wildman–Crippen LogP) is 6.70. The minimum absolute atomic E-state index is 0.121. The molecule has 1 aromatic heterocycles. The number of thiazole rings is 1. The molecule has 0 aliphatic carbocycles. The molecule has 0 saturated heterocycles. The summed E-state index contributed by atoms with van der Waals surface area (Å²) in [6, 6.07) is 15.2. The molecule has 1 N–H and O–H groups in total. The van der Waals surface area contributed by atoms with E-state index in [0.29, 0.717) is 32.2 Å². The Kier molecular flexibility index (Phi) is 7.79. The zero-order chi connectivity index (χ0) is 25.7. The number of benzene rings is 3. The number of hydrogen-bond donors (Lipinski definition) is 1. The number of nitrogens with one attached hydrogen (secondary N) is 1. The number of carbonyl (C=O) groups is 1. The largest absolute Gasteiger partial charge is 0.493 e. The number of nitro benzene ring substituents is 1. The average Bonchev–Trinajstić information content (AvgIpc) is 3.33. The molecule has 36 heavy (non-hydrogen) atoms. The third kappa shape index (κ3) is 5.98. The van der Waals surface area contributed by atoms with E-state index in [9.17, 15) is 14.9 Å². The lowest BCUT2D eigenvalue weighted by Crippen LogP contribution is -2.09. The van der Waals surface area contributed by atoms with Crippen LogP contribution in [0, 0.1) is 10.1 Å². The van der Waals surface area contributed by atoms with Crippen LogP contribution in [0.15, 0.2) is 71.1 Å². The van der Waals surface area contributed by atoms with Crippen LogP contribution in [0.5, 0.6) is 11.5 Å². The number of anilines is 1. The van der Waals surface area contributed by atoms with Crippen LogP contribution in [-0.4, -0.2) is 29.2 Å². The van der Waals surface area contributed by atoms with Gasteiger partial charge in [0.15, 0.2) is 11.5 Å². The summed E-state index contributed by atoms with van der Waals surface area (Å²) in [6.45, 7) is 0. The van der Waals surface area contributed by atoms with Gasteiger partial charge in [-0.2, -0.15) is 5.10 Å². The number of rotatable bonds is 8. The van der Waals surface area contributed by atoms with Gasteiger partial charge >= 0.3 is 5.97 Å². The molecule has 0 amide bonds. The van der Waals surface area contributed by atoms with Gasteiger partial charge in [0.1, 0.15) is 0 Å². The molecule has 1 heterocycles. The Labute approximate surface area is 219 Å². The van der Waals surface area contributed by atoms with Crippen molar-refractivity contribution in [3.63, 3.8) is 0 Å². The summed E-state index contributed by atoms with van der Waals surface area (Å²) in [5.41, 5.74) is 5.04. The summed E-state index contributed by atoms with van der Waals surface area (Å²) in [5, 5.41) is 18.4.